The summed E-state index contributed by atoms with van der Waals surface area (Å²) in [6.45, 7) is 6.50. The van der Waals surface area contributed by atoms with Gasteiger partial charge in [0.05, 0.1) is 0 Å². The molecule has 1 N–H and O–H groups in total. The Morgan fingerprint density at radius 3 is 2.40 bits per heavy atom. The maximum atomic E-state index is 4.15. The van der Waals surface area contributed by atoms with E-state index >= 15 is 0 Å². The Bertz CT molecular complexity index is 904. The third-order valence-electron chi connectivity index (χ3n) is 4.63. The van der Waals surface area contributed by atoms with Crippen LogP contribution in [0.15, 0.2) is 54.6 Å². The summed E-state index contributed by atoms with van der Waals surface area (Å²) in [4.78, 5) is 0. The molecule has 5 nitrogen and oxygen atoms in total. The van der Waals surface area contributed by atoms with Gasteiger partial charge in [-0.1, -0.05) is 73.0 Å². The number of aromatic nitrogens is 4. The molecule has 1 aliphatic heterocycles. The van der Waals surface area contributed by atoms with Gasteiger partial charge in [0.15, 0.2) is 0 Å². The van der Waals surface area contributed by atoms with E-state index in [4.69, 9.17) is 0 Å². The number of rotatable bonds is 3. The van der Waals surface area contributed by atoms with Crippen LogP contribution in [0.1, 0.15) is 48.1 Å². The lowest BCUT2D eigenvalue weighted by Crippen LogP contribution is -2.20. The van der Waals surface area contributed by atoms with Crippen molar-refractivity contribution in [3.8, 4) is 0 Å². The van der Waals surface area contributed by atoms with Gasteiger partial charge in [-0.25, -0.2) is 0 Å². The van der Waals surface area contributed by atoms with Crippen LogP contribution in [0, 0.1) is 6.92 Å². The van der Waals surface area contributed by atoms with Crippen molar-refractivity contribution in [1.82, 2.24) is 20.2 Å². The molecule has 2 heterocycles. The zero-order valence-corrected chi connectivity index (χ0v) is 14.6. The summed E-state index contributed by atoms with van der Waals surface area (Å²) in [5, 5.41) is 15.4. The molecule has 3 aromatic rings. The lowest BCUT2D eigenvalue weighted by atomic mass is 9.98. The maximum absolute atomic E-state index is 4.15. The molecule has 1 aliphatic rings. The number of allylic oxidation sites excluding steroid dienone is 1. The van der Waals surface area contributed by atoms with Crippen molar-refractivity contribution in [1.29, 1.82) is 0 Å². The summed E-state index contributed by atoms with van der Waals surface area (Å²) in [6.07, 6.45) is 2.18. The van der Waals surface area contributed by atoms with E-state index in [0.29, 0.717) is 11.9 Å². The monoisotopic (exact) mass is 331 g/mol. The van der Waals surface area contributed by atoms with Crippen molar-refractivity contribution in [2.75, 3.05) is 5.32 Å². The average molecular weight is 331 g/mol. The summed E-state index contributed by atoms with van der Waals surface area (Å²) < 4.78 is 1.82. The average Bonchev–Trinajstić information content (AvgIpc) is 3.10. The number of anilines is 1. The van der Waals surface area contributed by atoms with E-state index in [0.717, 1.165) is 16.8 Å². The van der Waals surface area contributed by atoms with E-state index in [-0.39, 0.29) is 6.04 Å². The van der Waals surface area contributed by atoms with Gasteiger partial charge in [-0.15, -0.1) is 0 Å². The normalized spacial score (nSPS) is 16.3. The first-order valence-corrected chi connectivity index (χ1v) is 8.55. The number of fused-ring (bicyclic) bond motifs is 1. The van der Waals surface area contributed by atoms with E-state index < -0.39 is 0 Å². The summed E-state index contributed by atoms with van der Waals surface area (Å²) >= 11 is 0. The topological polar surface area (TPSA) is 55.6 Å². The van der Waals surface area contributed by atoms with Gasteiger partial charge < -0.3 is 5.32 Å². The van der Waals surface area contributed by atoms with Crippen LogP contribution in [0.2, 0.25) is 0 Å². The van der Waals surface area contributed by atoms with Gasteiger partial charge in [0.25, 0.3) is 0 Å². The van der Waals surface area contributed by atoms with Crippen LogP contribution >= 0.6 is 0 Å². The number of benzene rings is 2. The molecular formula is C20H21N5. The third-order valence-corrected chi connectivity index (χ3v) is 4.63. The largest absolute Gasteiger partial charge is 0.323 e. The zero-order valence-electron chi connectivity index (χ0n) is 14.6. The minimum absolute atomic E-state index is 0.0216. The number of nitrogens with one attached hydrogen (secondary N) is 1. The molecule has 0 radical (unpaired) electrons. The van der Waals surface area contributed by atoms with Crippen molar-refractivity contribution >= 4 is 11.6 Å². The molecule has 5 heteroatoms. The Hall–Kier alpha value is -2.95. The van der Waals surface area contributed by atoms with Crippen molar-refractivity contribution in [3.05, 3.63) is 76.9 Å². The van der Waals surface area contributed by atoms with E-state index in [1.54, 1.807) is 0 Å². The minimum Gasteiger partial charge on any atom is -0.323 e. The van der Waals surface area contributed by atoms with Gasteiger partial charge in [0.2, 0.25) is 5.95 Å². The molecule has 126 valence electrons. The molecule has 0 fully saturated rings. The van der Waals surface area contributed by atoms with Crippen LogP contribution in [-0.4, -0.2) is 20.2 Å². The predicted molar refractivity (Wildman–Crippen MR) is 99.3 cm³/mol. The molecule has 0 saturated heterocycles. The summed E-state index contributed by atoms with van der Waals surface area (Å²) in [7, 11) is 0. The number of tetrazole rings is 1. The van der Waals surface area contributed by atoms with Gasteiger partial charge in [0.1, 0.15) is 6.04 Å². The SMILES string of the molecule is Cc1ccc([C@@H]2C=C(c3ccc(C(C)C)cc3)Nc3nnnn32)cc1. The minimum atomic E-state index is -0.0216. The van der Waals surface area contributed by atoms with Crippen molar-refractivity contribution in [2.45, 2.75) is 32.7 Å². The number of hydrogen-bond donors (Lipinski definition) is 1. The van der Waals surface area contributed by atoms with E-state index in [2.05, 4.69) is 96.2 Å². The number of aryl methyl sites for hydroxylation is 1. The van der Waals surface area contributed by atoms with Crippen molar-refractivity contribution in [3.63, 3.8) is 0 Å². The molecule has 0 bridgehead atoms. The second-order valence-electron chi connectivity index (χ2n) is 6.78. The summed E-state index contributed by atoms with van der Waals surface area (Å²) in [6, 6.07) is 17.1. The molecule has 4 rings (SSSR count). The van der Waals surface area contributed by atoms with E-state index in [1.165, 1.54) is 11.1 Å². The third kappa shape index (κ3) is 2.93. The summed E-state index contributed by atoms with van der Waals surface area (Å²) in [5.74, 6) is 1.19. The van der Waals surface area contributed by atoms with Crippen LogP contribution in [0.3, 0.4) is 0 Å². The molecule has 0 amide bonds. The Morgan fingerprint density at radius 1 is 1.00 bits per heavy atom. The predicted octanol–water partition coefficient (Wildman–Crippen LogP) is 4.16. The van der Waals surface area contributed by atoms with Crippen LogP contribution in [0.4, 0.5) is 5.95 Å². The highest BCUT2D eigenvalue weighted by molar-refractivity contribution is 5.77. The second-order valence-corrected chi connectivity index (χ2v) is 6.78. The molecule has 0 spiro atoms. The molecule has 25 heavy (non-hydrogen) atoms. The van der Waals surface area contributed by atoms with Gasteiger partial charge >= 0.3 is 0 Å². The fraction of sp³-hybridized carbons (Fsp3) is 0.250. The smallest absolute Gasteiger partial charge is 0.248 e. The maximum Gasteiger partial charge on any atom is 0.248 e. The van der Waals surface area contributed by atoms with Crippen LogP contribution in [0.25, 0.3) is 5.70 Å². The van der Waals surface area contributed by atoms with Crippen molar-refractivity contribution in [2.24, 2.45) is 0 Å². The highest BCUT2D eigenvalue weighted by atomic mass is 15.6. The molecule has 0 aliphatic carbocycles. The zero-order chi connectivity index (χ0) is 17.4. The standard InChI is InChI=1S/C20H21N5/c1-13(2)15-8-10-16(11-9-15)18-12-19(17-6-4-14(3)5-7-17)25-20(21-18)22-23-24-25/h4-13,19H,1-3H3,(H,21,22,24)/t19-/m0/s1. The first-order valence-electron chi connectivity index (χ1n) is 8.55. The first-order chi connectivity index (χ1) is 12.1. The highest BCUT2D eigenvalue weighted by Gasteiger charge is 2.24. The van der Waals surface area contributed by atoms with Crippen LogP contribution in [0.5, 0.6) is 0 Å². The Labute approximate surface area is 147 Å². The summed E-state index contributed by atoms with van der Waals surface area (Å²) in [5.41, 5.74) is 5.90. The van der Waals surface area contributed by atoms with E-state index in [1.807, 2.05) is 4.68 Å². The van der Waals surface area contributed by atoms with Gasteiger partial charge in [-0.05, 0) is 46.0 Å². The molecule has 0 unspecified atom stereocenters. The Kier molecular flexibility index (Phi) is 3.84. The molecular weight excluding hydrogens is 310 g/mol. The van der Waals surface area contributed by atoms with Gasteiger partial charge in [-0.2, -0.15) is 4.68 Å². The fourth-order valence-electron chi connectivity index (χ4n) is 3.07. The second kappa shape index (κ2) is 6.16. The number of hydrogen-bond acceptors (Lipinski definition) is 4. The molecule has 2 aromatic carbocycles. The highest BCUT2D eigenvalue weighted by Crippen LogP contribution is 2.32. The van der Waals surface area contributed by atoms with Gasteiger partial charge in [-0.3, -0.25) is 0 Å². The van der Waals surface area contributed by atoms with Crippen molar-refractivity contribution < 1.29 is 0 Å². The van der Waals surface area contributed by atoms with Crippen LogP contribution < -0.4 is 5.32 Å². The molecule has 1 aromatic heterocycles. The quantitative estimate of drug-likeness (QED) is 0.783. The van der Waals surface area contributed by atoms with Crippen LogP contribution in [-0.2, 0) is 0 Å². The lowest BCUT2D eigenvalue weighted by Gasteiger charge is -2.23. The van der Waals surface area contributed by atoms with E-state index in [9.17, 15) is 0 Å². The number of nitrogens with zero attached hydrogens (tertiary/aromatic N) is 4. The van der Waals surface area contributed by atoms with Gasteiger partial charge in [0, 0.05) is 5.70 Å². The Balaban J connectivity index is 1.74. The molecule has 0 saturated carbocycles. The molecule has 1 atom stereocenters. The Morgan fingerprint density at radius 2 is 1.72 bits per heavy atom. The first kappa shape index (κ1) is 15.6. The lowest BCUT2D eigenvalue weighted by molar-refractivity contribution is 0.586. The fourth-order valence-corrected chi connectivity index (χ4v) is 3.07.